The molecule has 0 unspecified atom stereocenters. The lowest BCUT2D eigenvalue weighted by Gasteiger charge is -2.14. The van der Waals surface area contributed by atoms with E-state index in [2.05, 4.69) is 182 Å². The van der Waals surface area contributed by atoms with E-state index in [0.717, 1.165) is 88.7 Å². The minimum atomic E-state index is 0.615. The highest BCUT2D eigenvalue weighted by Crippen LogP contribution is 2.39. The van der Waals surface area contributed by atoms with Gasteiger partial charge in [-0.3, -0.25) is 0 Å². The van der Waals surface area contributed by atoms with Crippen molar-refractivity contribution in [2.45, 2.75) is 0 Å². The molecule has 4 heteroatoms. The van der Waals surface area contributed by atoms with Gasteiger partial charge >= 0.3 is 0 Å². The van der Waals surface area contributed by atoms with E-state index in [9.17, 15) is 0 Å². The molecule has 0 aliphatic carbocycles. The van der Waals surface area contributed by atoms with Gasteiger partial charge in [0.2, 0.25) is 0 Å². The largest absolute Gasteiger partial charge is 0.248 e. The third kappa shape index (κ3) is 7.20. The van der Waals surface area contributed by atoms with E-state index < -0.39 is 0 Å². The van der Waals surface area contributed by atoms with Crippen LogP contribution in [0.25, 0.3) is 112 Å². The lowest BCUT2D eigenvalue weighted by molar-refractivity contribution is 1.07. The van der Waals surface area contributed by atoms with Crippen LogP contribution >= 0.6 is 0 Å². The van der Waals surface area contributed by atoms with Crippen molar-refractivity contribution >= 4 is 21.7 Å². The van der Waals surface area contributed by atoms with Crippen LogP contribution in [0.5, 0.6) is 0 Å². The predicted molar refractivity (Wildman–Crippen MR) is 256 cm³/mol. The van der Waals surface area contributed by atoms with Crippen molar-refractivity contribution in [2.75, 3.05) is 0 Å². The molecular weight excluding hydrogens is 753 g/mol. The average Bonchev–Trinajstić information content (AvgIpc) is 3.37. The van der Waals surface area contributed by atoms with Crippen LogP contribution in [0.15, 0.2) is 231 Å². The third-order valence-corrected chi connectivity index (χ3v) is 11.5. The summed E-state index contributed by atoms with van der Waals surface area (Å²) in [6, 6.07) is 80.6. The molecular formula is C58H38N4. The van der Waals surface area contributed by atoms with Crippen LogP contribution in [-0.4, -0.2) is 19.9 Å². The van der Waals surface area contributed by atoms with Crippen molar-refractivity contribution < 1.29 is 0 Å². The highest BCUT2D eigenvalue weighted by molar-refractivity contribution is 6.14. The second kappa shape index (κ2) is 16.0. The quantitative estimate of drug-likeness (QED) is 0.144. The van der Waals surface area contributed by atoms with E-state index in [4.69, 9.17) is 19.9 Å². The van der Waals surface area contributed by atoms with E-state index in [1.54, 1.807) is 0 Å². The van der Waals surface area contributed by atoms with Crippen molar-refractivity contribution in [1.82, 2.24) is 19.9 Å². The lowest BCUT2D eigenvalue weighted by Crippen LogP contribution is -2.00. The van der Waals surface area contributed by atoms with Gasteiger partial charge in [-0.15, -0.1) is 0 Å². The topological polar surface area (TPSA) is 51.6 Å². The Morgan fingerprint density at radius 1 is 0.242 bits per heavy atom. The molecule has 0 atom stereocenters. The summed E-state index contributed by atoms with van der Waals surface area (Å²) < 4.78 is 0. The van der Waals surface area contributed by atoms with E-state index in [-0.39, 0.29) is 0 Å². The smallest absolute Gasteiger partial charge is 0.164 e. The molecule has 0 aliphatic rings. The Balaban J connectivity index is 1.02. The van der Waals surface area contributed by atoms with Gasteiger partial charge in [0.15, 0.2) is 17.5 Å². The summed E-state index contributed by atoms with van der Waals surface area (Å²) in [6.45, 7) is 0. The van der Waals surface area contributed by atoms with Crippen molar-refractivity contribution in [3.05, 3.63) is 231 Å². The summed E-state index contributed by atoms with van der Waals surface area (Å²) in [5.74, 6) is 1.86. The van der Waals surface area contributed by atoms with Crippen molar-refractivity contribution in [3.63, 3.8) is 0 Å². The molecule has 0 amide bonds. The van der Waals surface area contributed by atoms with Crippen LogP contribution < -0.4 is 0 Å². The zero-order chi connectivity index (χ0) is 41.2. The van der Waals surface area contributed by atoms with Gasteiger partial charge in [0.1, 0.15) is 0 Å². The van der Waals surface area contributed by atoms with Gasteiger partial charge in [-0.25, -0.2) is 19.9 Å². The maximum absolute atomic E-state index is 5.21. The summed E-state index contributed by atoms with van der Waals surface area (Å²) in [5, 5.41) is 3.48. The van der Waals surface area contributed by atoms with Crippen molar-refractivity contribution in [2.24, 2.45) is 0 Å². The van der Waals surface area contributed by atoms with Gasteiger partial charge in [-0.2, -0.15) is 0 Å². The van der Waals surface area contributed by atoms with E-state index in [1.807, 2.05) is 48.5 Å². The molecule has 4 nitrogen and oxygen atoms in total. The number of hydrogen-bond acceptors (Lipinski definition) is 4. The molecule has 0 radical (unpaired) electrons. The molecule has 0 aliphatic heterocycles. The fourth-order valence-corrected chi connectivity index (χ4v) is 8.35. The number of benzene rings is 9. The summed E-state index contributed by atoms with van der Waals surface area (Å²) in [5.41, 5.74) is 14.8. The van der Waals surface area contributed by atoms with Crippen LogP contribution in [0.2, 0.25) is 0 Å². The molecule has 0 saturated carbocycles. The molecule has 9 aromatic carbocycles. The van der Waals surface area contributed by atoms with Gasteiger partial charge < -0.3 is 0 Å². The second-order valence-corrected chi connectivity index (χ2v) is 15.5. The first-order valence-corrected chi connectivity index (χ1v) is 20.9. The summed E-state index contributed by atoms with van der Waals surface area (Å²) in [6.07, 6.45) is 0. The minimum Gasteiger partial charge on any atom is -0.248 e. The minimum absolute atomic E-state index is 0.615. The van der Waals surface area contributed by atoms with Gasteiger partial charge in [0, 0.05) is 27.6 Å². The fraction of sp³-hybridized carbons (Fsp3) is 0. The van der Waals surface area contributed by atoms with Gasteiger partial charge in [0.05, 0.1) is 11.2 Å². The SMILES string of the molecule is c1ccc(-c2cc(-c3ccccc3)cc(-c3nc(-c4ccccc4)nc(-c4ccc(-c5ccc6ccc7nc(-c8ccccc8)cc(-c8ccccc8)c7c6c5)cc4)n3)c2)cc1. The molecule has 0 N–H and O–H groups in total. The number of fused-ring (bicyclic) bond motifs is 3. The number of rotatable bonds is 8. The molecule has 11 aromatic rings. The van der Waals surface area contributed by atoms with Crippen LogP contribution in [0.3, 0.4) is 0 Å². The Morgan fingerprint density at radius 3 is 1.21 bits per heavy atom. The normalized spacial score (nSPS) is 11.2. The van der Waals surface area contributed by atoms with E-state index >= 15 is 0 Å². The monoisotopic (exact) mass is 790 g/mol. The molecule has 0 fully saturated rings. The van der Waals surface area contributed by atoms with Crippen molar-refractivity contribution in [3.8, 4) is 89.9 Å². The lowest BCUT2D eigenvalue weighted by atomic mass is 9.92. The summed E-state index contributed by atoms with van der Waals surface area (Å²) in [4.78, 5) is 20.6. The molecule has 0 spiro atoms. The Morgan fingerprint density at radius 2 is 0.645 bits per heavy atom. The van der Waals surface area contributed by atoms with Gasteiger partial charge in [-0.05, 0) is 91.7 Å². The first-order chi connectivity index (χ1) is 30.7. The van der Waals surface area contributed by atoms with E-state index in [1.165, 1.54) is 5.39 Å². The van der Waals surface area contributed by atoms with Gasteiger partial charge in [-0.1, -0.05) is 194 Å². The fourth-order valence-electron chi connectivity index (χ4n) is 8.35. The van der Waals surface area contributed by atoms with Crippen LogP contribution in [0.1, 0.15) is 0 Å². The average molecular weight is 791 g/mol. The molecule has 2 heterocycles. The van der Waals surface area contributed by atoms with Crippen molar-refractivity contribution in [1.29, 1.82) is 0 Å². The maximum atomic E-state index is 5.21. The van der Waals surface area contributed by atoms with Crippen LogP contribution in [0, 0.1) is 0 Å². The summed E-state index contributed by atoms with van der Waals surface area (Å²) in [7, 11) is 0. The van der Waals surface area contributed by atoms with Gasteiger partial charge in [0.25, 0.3) is 0 Å². The Labute approximate surface area is 360 Å². The number of pyridine rings is 1. The molecule has 0 saturated heterocycles. The highest BCUT2D eigenvalue weighted by atomic mass is 15.0. The third-order valence-electron chi connectivity index (χ3n) is 11.5. The number of hydrogen-bond donors (Lipinski definition) is 0. The number of nitrogens with zero attached hydrogens (tertiary/aromatic N) is 4. The molecule has 11 rings (SSSR count). The van der Waals surface area contributed by atoms with Crippen LogP contribution in [-0.2, 0) is 0 Å². The zero-order valence-corrected chi connectivity index (χ0v) is 33.7. The maximum Gasteiger partial charge on any atom is 0.164 e. The first-order valence-electron chi connectivity index (χ1n) is 20.9. The Kier molecular flexibility index (Phi) is 9.49. The first kappa shape index (κ1) is 36.7. The molecule has 62 heavy (non-hydrogen) atoms. The zero-order valence-electron chi connectivity index (χ0n) is 33.7. The molecule has 2 aromatic heterocycles. The summed E-state index contributed by atoms with van der Waals surface area (Å²) >= 11 is 0. The molecule has 0 bridgehead atoms. The number of aromatic nitrogens is 4. The Hall–Kier alpha value is -8.34. The predicted octanol–water partition coefficient (Wildman–Crippen LogP) is 14.9. The second-order valence-electron chi connectivity index (χ2n) is 15.5. The molecule has 290 valence electrons. The Bertz CT molecular complexity index is 3300. The standard InChI is InChI=1S/C58H38N4/c1-6-16-39(17-7-1)48-34-49(40-18-8-2-9-19-40)36-50(35-48)58-61-56(45-24-14-5-15-25-45)60-57(62-58)46-29-26-41(27-30-46)47-31-28-43-32-33-53-55(51(43)37-47)52(42-20-10-3-11-21-42)38-54(59-53)44-22-12-4-13-23-44/h1-38H. The van der Waals surface area contributed by atoms with E-state index in [0.29, 0.717) is 17.5 Å². The highest BCUT2D eigenvalue weighted by Gasteiger charge is 2.17. The van der Waals surface area contributed by atoms with Crippen LogP contribution in [0.4, 0.5) is 0 Å².